The number of nitrogens with one attached hydrogen (secondary N) is 1. The van der Waals surface area contributed by atoms with Gasteiger partial charge < -0.3 is 5.32 Å². The van der Waals surface area contributed by atoms with Crippen LogP contribution in [0.5, 0.6) is 0 Å². The molecule has 0 fully saturated rings. The number of hydrogen-bond donors (Lipinski definition) is 1. The molecular weight excluding hydrogens is 329 g/mol. The Morgan fingerprint density at radius 3 is 2.47 bits per heavy atom. The SMILES string of the molecule is Clc1cc(Cl)c2nsnc2c1Nc1nccnc1Cl. The van der Waals surface area contributed by atoms with Gasteiger partial charge in [0.15, 0.2) is 11.0 Å². The molecule has 2 aromatic heterocycles. The molecule has 0 amide bonds. The molecule has 0 atom stereocenters. The largest absolute Gasteiger partial charge is 0.335 e. The lowest BCUT2D eigenvalue weighted by Gasteiger charge is -2.09. The summed E-state index contributed by atoms with van der Waals surface area (Å²) in [6.45, 7) is 0. The Balaban J connectivity index is 2.16. The first-order valence-electron chi connectivity index (χ1n) is 5.00. The van der Waals surface area contributed by atoms with E-state index in [1.807, 2.05) is 0 Å². The number of rotatable bonds is 2. The van der Waals surface area contributed by atoms with Crippen molar-refractivity contribution in [3.05, 3.63) is 33.7 Å². The first-order chi connectivity index (χ1) is 9.16. The van der Waals surface area contributed by atoms with E-state index >= 15 is 0 Å². The zero-order chi connectivity index (χ0) is 13.4. The Kier molecular flexibility index (Phi) is 3.40. The van der Waals surface area contributed by atoms with Crippen molar-refractivity contribution >= 4 is 69.1 Å². The fourth-order valence-corrected chi connectivity index (χ4v) is 2.83. The fraction of sp³-hybridized carbons (Fsp3) is 0. The van der Waals surface area contributed by atoms with E-state index in [2.05, 4.69) is 24.0 Å². The average molecular weight is 333 g/mol. The highest BCUT2D eigenvalue weighted by molar-refractivity contribution is 7.00. The summed E-state index contributed by atoms with van der Waals surface area (Å²) in [7, 11) is 0. The molecule has 3 rings (SSSR count). The summed E-state index contributed by atoms with van der Waals surface area (Å²) in [5.74, 6) is 0.391. The summed E-state index contributed by atoms with van der Waals surface area (Å²) in [6, 6.07) is 1.60. The second kappa shape index (κ2) is 5.05. The molecule has 3 aromatic rings. The van der Waals surface area contributed by atoms with E-state index in [0.717, 1.165) is 11.7 Å². The molecule has 0 aliphatic carbocycles. The molecule has 0 saturated heterocycles. The molecule has 0 radical (unpaired) electrons. The monoisotopic (exact) mass is 331 g/mol. The van der Waals surface area contributed by atoms with Gasteiger partial charge in [0.1, 0.15) is 11.0 Å². The van der Waals surface area contributed by atoms with Gasteiger partial charge in [-0.2, -0.15) is 8.75 Å². The van der Waals surface area contributed by atoms with Crippen molar-refractivity contribution in [2.75, 3.05) is 5.32 Å². The van der Waals surface area contributed by atoms with Crippen LogP contribution < -0.4 is 5.32 Å². The second-order valence-corrected chi connectivity index (χ2v) is 5.20. The van der Waals surface area contributed by atoms with Crippen LogP contribution in [-0.4, -0.2) is 18.7 Å². The topological polar surface area (TPSA) is 63.6 Å². The normalized spacial score (nSPS) is 10.9. The molecule has 0 spiro atoms. The van der Waals surface area contributed by atoms with Crippen LogP contribution in [0, 0.1) is 0 Å². The number of hydrogen-bond acceptors (Lipinski definition) is 6. The van der Waals surface area contributed by atoms with Gasteiger partial charge in [-0.3, -0.25) is 0 Å². The molecule has 0 aliphatic heterocycles. The van der Waals surface area contributed by atoms with Gasteiger partial charge in [-0.05, 0) is 6.07 Å². The van der Waals surface area contributed by atoms with Crippen LogP contribution in [0.15, 0.2) is 18.5 Å². The molecule has 0 aliphatic rings. The van der Waals surface area contributed by atoms with Crippen LogP contribution >= 0.6 is 46.5 Å². The van der Waals surface area contributed by atoms with E-state index in [4.69, 9.17) is 34.8 Å². The quantitative estimate of drug-likeness (QED) is 0.762. The summed E-state index contributed by atoms with van der Waals surface area (Å²) >= 11 is 19.2. The van der Waals surface area contributed by atoms with Crippen molar-refractivity contribution < 1.29 is 0 Å². The zero-order valence-electron chi connectivity index (χ0n) is 9.06. The number of nitrogens with zero attached hydrogens (tertiary/aromatic N) is 4. The van der Waals surface area contributed by atoms with Gasteiger partial charge in [-0.15, -0.1) is 0 Å². The second-order valence-electron chi connectivity index (χ2n) is 3.50. The maximum absolute atomic E-state index is 6.17. The Morgan fingerprint density at radius 1 is 0.947 bits per heavy atom. The van der Waals surface area contributed by atoms with E-state index in [0.29, 0.717) is 32.6 Å². The van der Waals surface area contributed by atoms with Crippen molar-refractivity contribution in [2.24, 2.45) is 0 Å². The van der Waals surface area contributed by atoms with Gasteiger partial charge in [0.25, 0.3) is 0 Å². The van der Waals surface area contributed by atoms with Crippen LogP contribution in [0.4, 0.5) is 11.5 Å². The standard InChI is InChI=1S/C10H4Cl3N5S/c11-4-3-5(12)7-8(18-19-17-7)6(4)16-10-9(13)14-1-2-15-10/h1-3H,(H,15,16). The van der Waals surface area contributed by atoms with Gasteiger partial charge in [-0.1, -0.05) is 34.8 Å². The van der Waals surface area contributed by atoms with Crippen LogP contribution in [-0.2, 0) is 0 Å². The maximum Gasteiger partial charge on any atom is 0.171 e. The maximum atomic E-state index is 6.17. The molecule has 0 saturated carbocycles. The molecule has 0 unspecified atom stereocenters. The molecule has 2 heterocycles. The third-order valence-corrected chi connectivity index (χ3v) is 3.73. The summed E-state index contributed by atoms with van der Waals surface area (Å²) in [5, 5.41) is 4.10. The van der Waals surface area contributed by atoms with Crippen molar-refractivity contribution in [1.82, 2.24) is 18.7 Å². The Bertz CT molecular complexity index is 760. The highest BCUT2D eigenvalue weighted by atomic mass is 35.5. The Hall–Kier alpha value is -1.21. The molecule has 96 valence electrons. The number of halogens is 3. The van der Waals surface area contributed by atoms with Gasteiger partial charge in [0, 0.05) is 12.4 Å². The lowest BCUT2D eigenvalue weighted by atomic mass is 10.2. The van der Waals surface area contributed by atoms with Gasteiger partial charge in [0.05, 0.1) is 27.5 Å². The fourth-order valence-electron chi connectivity index (χ4n) is 1.52. The molecule has 0 bridgehead atoms. The number of benzene rings is 1. The summed E-state index contributed by atoms with van der Waals surface area (Å²) < 4.78 is 8.29. The average Bonchev–Trinajstić information content (AvgIpc) is 2.86. The summed E-state index contributed by atoms with van der Waals surface area (Å²) in [4.78, 5) is 8.01. The highest BCUT2D eigenvalue weighted by Gasteiger charge is 2.15. The molecular formula is C10H4Cl3N5S. The van der Waals surface area contributed by atoms with E-state index < -0.39 is 0 Å². The van der Waals surface area contributed by atoms with Crippen molar-refractivity contribution in [3.8, 4) is 0 Å². The van der Waals surface area contributed by atoms with E-state index in [1.54, 1.807) is 6.07 Å². The minimum absolute atomic E-state index is 0.241. The minimum Gasteiger partial charge on any atom is -0.335 e. The van der Waals surface area contributed by atoms with Crippen molar-refractivity contribution in [3.63, 3.8) is 0 Å². The number of aromatic nitrogens is 4. The van der Waals surface area contributed by atoms with E-state index in [1.165, 1.54) is 12.4 Å². The minimum atomic E-state index is 0.241. The van der Waals surface area contributed by atoms with Crippen molar-refractivity contribution in [2.45, 2.75) is 0 Å². The first kappa shape index (κ1) is 12.8. The Morgan fingerprint density at radius 2 is 1.68 bits per heavy atom. The Labute approximate surface area is 126 Å². The smallest absolute Gasteiger partial charge is 0.171 e. The van der Waals surface area contributed by atoms with E-state index in [9.17, 15) is 0 Å². The molecule has 1 aromatic carbocycles. The van der Waals surface area contributed by atoms with Crippen LogP contribution in [0.1, 0.15) is 0 Å². The highest BCUT2D eigenvalue weighted by Crippen LogP contribution is 2.37. The number of fused-ring (bicyclic) bond motifs is 1. The first-order valence-corrected chi connectivity index (χ1v) is 6.87. The predicted molar refractivity (Wildman–Crippen MR) is 77.8 cm³/mol. The third kappa shape index (κ3) is 2.32. The van der Waals surface area contributed by atoms with Crippen LogP contribution in [0.25, 0.3) is 11.0 Å². The van der Waals surface area contributed by atoms with E-state index in [-0.39, 0.29) is 5.15 Å². The molecule has 9 heteroatoms. The van der Waals surface area contributed by atoms with Crippen molar-refractivity contribution in [1.29, 1.82) is 0 Å². The van der Waals surface area contributed by atoms with Gasteiger partial charge in [0.2, 0.25) is 0 Å². The van der Waals surface area contributed by atoms with Crippen LogP contribution in [0.2, 0.25) is 15.2 Å². The predicted octanol–water partition coefficient (Wildman–Crippen LogP) is 4.19. The van der Waals surface area contributed by atoms with Crippen LogP contribution in [0.3, 0.4) is 0 Å². The summed E-state index contributed by atoms with van der Waals surface area (Å²) in [5.41, 5.74) is 1.71. The third-order valence-electron chi connectivity index (χ3n) is 2.34. The van der Waals surface area contributed by atoms with Gasteiger partial charge in [-0.25, -0.2) is 9.97 Å². The molecule has 19 heavy (non-hydrogen) atoms. The number of anilines is 2. The zero-order valence-corrected chi connectivity index (χ0v) is 12.1. The molecule has 5 nitrogen and oxygen atoms in total. The lowest BCUT2D eigenvalue weighted by Crippen LogP contribution is -1.97. The van der Waals surface area contributed by atoms with Gasteiger partial charge >= 0.3 is 0 Å². The summed E-state index contributed by atoms with van der Waals surface area (Å²) in [6.07, 6.45) is 3.02. The lowest BCUT2D eigenvalue weighted by molar-refractivity contribution is 1.20. The molecule has 1 N–H and O–H groups in total.